The summed E-state index contributed by atoms with van der Waals surface area (Å²) in [7, 11) is 0. The molecule has 1 aromatic carbocycles. The Labute approximate surface area is 216 Å². The fourth-order valence-corrected chi connectivity index (χ4v) is 5.91. The maximum Gasteiger partial charge on any atom is 0.258 e. The molecule has 192 valence electrons. The monoisotopic (exact) mass is 511 g/mol. The lowest BCUT2D eigenvalue weighted by molar-refractivity contribution is 0.0529. The molecule has 2 N–H and O–H groups in total. The number of pyridine rings is 1. The quantitative estimate of drug-likeness (QED) is 0.479. The van der Waals surface area contributed by atoms with Gasteiger partial charge in [0, 0.05) is 31.9 Å². The van der Waals surface area contributed by atoms with Gasteiger partial charge in [0.2, 0.25) is 0 Å². The van der Waals surface area contributed by atoms with Crippen LogP contribution in [0.2, 0.25) is 0 Å². The first-order valence-electron chi connectivity index (χ1n) is 13.1. The molecular formula is C27H34FN5O2S. The van der Waals surface area contributed by atoms with Crippen molar-refractivity contribution in [2.75, 3.05) is 52.6 Å². The van der Waals surface area contributed by atoms with Crippen molar-refractivity contribution in [3.63, 3.8) is 0 Å². The van der Waals surface area contributed by atoms with Crippen molar-refractivity contribution in [1.82, 2.24) is 4.98 Å². The molecular weight excluding hydrogens is 477 g/mol. The Hall–Kier alpha value is -2.52. The van der Waals surface area contributed by atoms with Crippen LogP contribution in [-0.2, 0) is 4.74 Å². The van der Waals surface area contributed by atoms with E-state index in [1.807, 2.05) is 36.4 Å². The zero-order valence-electron chi connectivity index (χ0n) is 20.8. The van der Waals surface area contributed by atoms with Gasteiger partial charge < -0.3 is 24.6 Å². The van der Waals surface area contributed by atoms with E-state index in [0.29, 0.717) is 36.2 Å². The normalized spacial score (nSPS) is 23.9. The fraction of sp³-hybridized carbons (Fsp3) is 0.556. The number of halogens is 1. The van der Waals surface area contributed by atoms with Gasteiger partial charge in [0.25, 0.3) is 5.91 Å². The second kappa shape index (κ2) is 9.41. The van der Waals surface area contributed by atoms with E-state index in [0.717, 1.165) is 68.2 Å². The molecule has 2 aliphatic heterocycles. The minimum Gasteiger partial charge on any atom is -0.375 e. The zero-order chi connectivity index (χ0) is 24.8. The van der Waals surface area contributed by atoms with Gasteiger partial charge in [-0.3, -0.25) is 4.79 Å². The molecule has 0 bridgehead atoms. The third-order valence-corrected chi connectivity index (χ3v) is 9.01. The van der Waals surface area contributed by atoms with Crippen molar-refractivity contribution in [2.45, 2.75) is 56.6 Å². The molecule has 1 atom stereocenters. The van der Waals surface area contributed by atoms with Crippen LogP contribution < -0.4 is 19.8 Å². The number of nitrogens with zero attached hydrogens (tertiary/aromatic N) is 3. The van der Waals surface area contributed by atoms with Crippen molar-refractivity contribution >= 4 is 40.9 Å². The molecule has 36 heavy (non-hydrogen) atoms. The highest BCUT2D eigenvalue weighted by Gasteiger charge is 2.45. The lowest BCUT2D eigenvalue weighted by Gasteiger charge is -2.35. The largest absolute Gasteiger partial charge is 0.375 e. The molecule has 1 aromatic heterocycles. The number of aromatic nitrogens is 1. The molecule has 4 fully saturated rings. The summed E-state index contributed by atoms with van der Waals surface area (Å²) in [6.45, 7) is 6.15. The summed E-state index contributed by atoms with van der Waals surface area (Å²) in [5, 5.41) is 1.86. The van der Waals surface area contributed by atoms with Crippen molar-refractivity contribution in [1.29, 1.82) is 0 Å². The maximum atomic E-state index is 14.2. The Morgan fingerprint density at radius 3 is 2.61 bits per heavy atom. The summed E-state index contributed by atoms with van der Waals surface area (Å²) in [6.07, 6.45) is 6.30. The number of hydrogen-bond acceptors (Lipinski definition) is 7. The number of anilines is 4. The van der Waals surface area contributed by atoms with Crippen molar-refractivity contribution < 1.29 is 13.9 Å². The Kier molecular flexibility index (Phi) is 6.24. The third-order valence-electron chi connectivity index (χ3n) is 7.90. The van der Waals surface area contributed by atoms with Crippen LogP contribution in [0.3, 0.4) is 0 Å². The van der Waals surface area contributed by atoms with Gasteiger partial charge in [0.15, 0.2) is 5.00 Å². The Morgan fingerprint density at radius 1 is 1.08 bits per heavy atom. The molecule has 4 aliphatic rings. The van der Waals surface area contributed by atoms with E-state index >= 15 is 0 Å². The molecule has 0 unspecified atom stereocenters. The van der Waals surface area contributed by atoms with Crippen LogP contribution in [0.5, 0.6) is 0 Å². The summed E-state index contributed by atoms with van der Waals surface area (Å²) >= 11 is 1.14. The average Bonchev–Trinajstić information content (AvgIpc) is 3.82. The van der Waals surface area contributed by atoms with Crippen LogP contribution >= 0.6 is 11.9 Å². The summed E-state index contributed by atoms with van der Waals surface area (Å²) in [5.74, 6) is 1.19. The number of amides is 1. The van der Waals surface area contributed by atoms with Gasteiger partial charge in [0.1, 0.15) is 11.6 Å². The van der Waals surface area contributed by atoms with E-state index < -0.39 is 5.00 Å². The number of benzene rings is 1. The number of carbonyl (C=O) groups excluding carboxylic acids is 1. The fourth-order valence-electron chi connectivity index (χ4n) is 5.18. The lowest BCUT2D eigenvalue weighted by atomic mass is 9.93. The van der Waals surface area contributed by atoms with E-state index in [1.54, 1.807) is 0 Å². The van der Waals surface area contributed by atoms with E-state index in [4.69, 9.17) is 9.72 Å². The van der Waals surface area contributed by atoms with Crippen molar-refractivity contribution in [3.05, 3.63) is 42.0 Å². The van der Waals surface area contributed by atoms with Crippen LogP contribution in [0, 0.1) is 5.41 Å². The Balaban J connectivity index is 1.21. The summed E-state index contributed by atoms with van der Waals surface area (Å²) in [4.78, 5) is 22.7. The lowest BCUT2D eigenvalue weighted by Crippen LogP contribution is -2.41. The second-order valence-corrected chi connectivity index (χ2v) is 11.9. The van der Waals surface area contributed by atoms with Crippen LogP contribution in [0.15, 0.2) is 36.4 Å². The van der Waals surface area contributed by atoms with Gasteiger partial charge in [0.05, 0.1) is 24.0 Å². The number of morpholine rings is 1. The maximum absolute atomic E-state index is 14.2. The summed E-state index contributed by atoms with van der Waals surface area (Å²) in [6, 6.07) is 11.4. The van der Waals surface area contributed by atoms with E-state index in [1.165, 1.54) is 12.8 Å². The number of nitrogens with one attached hydrogen (secondary N) is 2. The second-order valence-electron chi connectivity index (χ2n) is 10.8. The number of rotatable bonds is 7. The van der Waals surface area contributed by atoms with Crippen LogP contribution in [0.4, 0.5) is 27.4 Å². The summed E-state index contributed by atoms with van der Waals surface area (Å²) < 4.78 is 23.0. The predicted octanol–water partition coefficient (Wildman–Crippen LogP) is 5.46. The minimum atomic E-state index is -1.16. The van der Waals surface area contributed by atoms with Gasteiger partial charge in [-0.15, -0.1) is 0 Å². The van der Waals surface area contributed by atoms with Gasteiger partial charge >= 0.3 is 0 Å². The molecule has 2 saturated carbocycles. The SMILES string of the molecule is C[C@@H]1CN(c2cccc(NC(=O)c3ccc(NSC4(F)CC4)cc3N3CCC4(CC3)CC4)n2)CCO1. The number of ether oxygens (including phenoxy) is 1. The van der Waals surface area contributed by atoms with Gasteiger partial charge in [-0.1, -0.05) is 6.07 Å². The molecule has 3 heterocycles. The van der Waals surface area contributed by atoms with E-state index in [-0.39, 0.29) is 12.0 Å². The van der Waals surface area contributed by atoms with Crippen LogP contribution in [-0.4, -0.2) is 54.8 Å². The number of hydrogen-bond donors (Lipinski definition) is 2. The molecule has 2 aromatic rings. The standard InChI is InChI=1S/C27H34FN5O2S/c1-19-18-33(15-16-35-19)24-4-2-3-23(29-24)30-25(34)21-6-5-20(31-36-27(28)9-10-27)17-22(21)32-13-11-26(7-8-26)12-14-32/h2-6,17,19,31H,7-16,18H2,1H3,(H,29,30,34)/t19-/m1/s1. The highest BCUT2D eigenvalue weighted by atomic mass is 32.2. The highest BCUT2D eigenvalue weighted by molar-refractivity contribution is 8.02. The molecule has 6 rings (SSSR count). The molecule has 7 nitrogen and oxygen atoms in total. The van der Waals surface area contributed by atoms with E-state index in [9.17, 15) is 9.18 Å². The predicted molar refractivity (Wildman–Crippen MR) is 144 cm³/mol. The molecule has 2 aliphatic carbocycles. The summed E-state index contributed by atoms with van der Waals surface area (Å²) in [5.41, 5.74) is 2.88. The number of alkyl halides is 1. The van der Waals surface area contributed by atoms with Gasteiger partial charge in [-0.25, -0.2) is 9.37 Å². The van der Waals surface area contributed by atoms with Crippen molar-refractivity contribution in [3.8, 4) is 0 Å². The zero-order valence-corrected chi connectivity index (χ0v) is 21.6. The van der Waals surface area contributed by atoms with Gasteiger partial charge in [-0.2, -0.15) is 0 Å². The average molecular weight is 512 g/mol. The van der Waals surface area contributed by atoms with Gasteiger partial charge in [-0.05, 0) is 93.1 Å². The Morgan fingerprint density at radius 2 is 1.89 bits per heavy atom. The van der Waals surface area contributed by atoms with Crippen LogP contribution in [0.1, 0.15) is 55.8 Å². The van der Waals surface area contributed by atoms with E-state index in [2.05, 4.69) is 26.8 Å². The topological polar surface area (TPSA) is 69.7 Å². The smallest absolute Gasteiger partial charge is 0.258 e. The first-order chi connectivity index (χ1) is 17.4. The van der Waals surface area contributed by atoms with Crippen LogP contribution in [0.25, 0.3) is 0 Å². The first-order valence-corrected chi connectivity index (χ1v) is 13.9. The molecule has 9 heteroatoms. The van der Waals surface area contributed by atoms with Crippen molar-refractivity contribution in [2.24, 2.45) is 5.41 Å². The highest BCUT2D eigenvalue weighted by Crippen LogP contribution is 2.54. The number of carbonyl (C=O) groups is 1. The molecule has 1 amide bonds. The first kappa shape index (κ1) is 23.9. The number of piperidine rings is 1. The third kappa shape index (κ3) is 5.27. The molecule has 2 saturated heterocycles. The molecule has 1 spiro atoms. The Bertz CT molecular complexity index is 1130. The minimum absolute atomic E-state index is 0.151. The molecule has 0 radical (unpaired) electrons.